The molecule has 1 aromatic carbocycles. The van der Waals surface area contributed by atoms with Gasteiger partial charge in [0.1, 0.15) is 11.5 Å². The van der Waals surface area contributed by atoms with Crippen LogP contribution in [0.2, 0.25) is 0 Å². The Labute approximate surface area is 120 Å². The lowest BCUT2D eigenvalue weighted by atomic mass is 10.2. The number of nitrogens with one attached hydrogen (secondary N) is 1. The molecule has 0 unspecified atom stereocenters. The van der Waals surface area contributed by atoms with Crippen molar-refractivity contribution in [1.29, 1.82) is 0 Å². The second-order valence-electron chi connectivity index (χ2n) is 4.44. The topological polar surface area (TPSA) is 30.5 Å². The third-order valence-electron chi connectivity index (χ3n) is 2.45. The monoisotopic (exact) mass is 307 g/mol. The normalized spacial score (nSPS) is 10.9. The van der Waals surface area contributed by atoms with Gasteiger partial charge in [-0.1, -0.05) is 17.7 Å². The zero-order chi connectivity index (χ0) is 15.8. The van der Waals surface area contributed by atoms with Crippen LogP contribution in [0.1, 0.15) is 19.4 Å². The van der Waals surface area contributed by atoms with E-state index >= 15 is 0 Å². The molecule has 1 N–H and O–H groups in total. The van der Waals surface area contributed by atoms with Gasteiger partial charge in [0.25, 0.3) is 0 Å². The standard InChI is InChI=1S/C14H17F4NO2/c1-9(2)5-6-19-8-10-3-4-11(20-13(15)16)7-12(10)21-14(17)18/h3-5,7,13-14,19H,6,8H2,1-2H3. The highest BCUT2D eigenvalue weighted by atomic mass is 19.3. The average molecular weight is 307 g/mol. The summed E-state index contributed by atoms with van der Waals surface area (Å²) in [4.78, 5) is 0. The van der Waals surface area contributed by atoms with Crippen molar-refractivity contribution >= 4 is 0 Å². The van der Waals surface area contributed by atoms with E-state index in [0.717, 1.165) is 11.6 Å². The largest absolute Gasteiger partial charge is 0.435 e. The molecule has 21 heavy (non-hydrogen) atoms. The van der Waals surface area contributed by atoms with E-state index in [1.54, 1.807) is 0 Å². The molecule has 7 heteroatoms. The van der Waals surface area contributed by atoms with Crippen LogP contribution in [0.3, 0.4) is 0 Å². The maximum Gasteiger partial charge on any atom is 0.387 e. The van der Waals surface area contributed by atoms with Crippen LogP contribution in [-0.2, 0) is 6.54 Å². The zero-order valence-corrected chi connectivity index (χ0v) is 11.7. The maximum atomic E-state index is 12.3. The van der Waals surface area contributed by atoms with E-state index in [9.17, 15) is 17.6 Å². The Morgan fingerprint density at radius 2 is 1.81 bits per heavy atom. The zero-order valence-electron chi connectivity index (χ0n) is 11.7. The molecule has 0 aliphatic heterocycles. The predicted octanol–water partition coefficient (Wildman–Crippen LogP) is 3.95. The van der Waals surface area contributed by atoms with E-state index in [-0.39, 0.29) is 18.0 Å². The minimum Gasteiger partial charge on any atom is -0.435 e. The van der Waals surface area contributed by atoms with Gasteiger partial charge in [-0.3, -0.25) is 0 Å². The molecular formula is C14H17F4NO2. The molecule has 0 spiro atoms. The Bertz CT molecular complexity index is 474. The minimum absolute atomic E-state index is 0.187. The van der Waals surface area contributed by atoms with Crippen LogP contribution in [0, 0.1) is 0 Å². The van der Waals surface area contributed by atoms with Crippen molar-refractivity contribution in [1.82, 2.24) is 5.32 Å². The molecule has 118 valence electrons. The van der Waals surface area contributed by atoms with Gasteiger partial charge in [-0.15, -0.1) is 0 Å². The van der Waals surface area contributed by atoms with Gasteiger partial charge in [0, 0.05) is 24.7 Å². The molecular weight excluding hydrogens is 290 g/mol. The third kappa shape index (κ3) is 6.99. The predicted molar refractivity (Wildman–Crippen MR) is 70.8 cm³/mol. The highest BCUT2D eigenvalue weighted by Gasteiger charge is 2.13. The number of ether oxygens (including phenoxy) is 2. The van der Waals surface area contributed by atoms with Crippen molar-refractivity contribution in [2.45, 2.75) is 33.6 Å². The van der Waals surface area contributed by atoms with Gasteiger partial charge in [-0.05, 0) is 19.9 Å². The van der Waals surface area contributed by atoms with Gasteiger partial charge in [0.2, 0.25) is 0 Å². The lowest BCUT2D eigenvalue weighted by molar-refractivity contribution is -0.0546. The SMILES string of the molecule is CC(C)=CCNCc1ccc(OC(F)F)cc1OC(F)F. The fourth-order valence-electron chi connectivity index (χ4n) is 1.55. The Morgan fingerprint density at radius 1 is 1.14 bits per heavy atom. The Hall–Kier alpha value is -1.76. The summed E-state index contributed by atoms with van der Waals surface area (Å²) in [6.45, 7) is -1.37. The highest BCUT2D eigenvalue weighted by molar-refractivity contribution is 5.40. The van der Waals surface area contributed by atoms with E-state index in [1.165, 1.54) is 12.1 Å². The highest BCUT2D eigenvalue weighted by Crippen LogP contribution is 2.27. The molecule has 0 bridgehead atoms. The molecule has 0 aliphatic carbocycles. The summed E-state index contributed by atoms with van der Waals surface area (Å²) < 4.78 is 57.4. The van der Waals surface area contributed by atoms with E-state index in [0.29, 0.717) is 12.1 Å². The van der Waals surface area contributed by atoms with Gasteiger partial charge < -0.3 is 14.8 Å². The number of benzene rings is 1. The van der Waals surface area contributed by atoms with Crippen LogP contribution in [0.4, 0.5) is 17.6 Å². The van der Waals surface area contributed by atoms with E-state index in [1.807, 2.05) is 19.9 Å². The molecule has 0 aliphatic rings. The van der Waals surface area contributed by atoms with E-state index in [4.69, 9.17) is 0 Å². The van der Waals surface area contributed by atoms with Crippen LogP contribution >= 0.6 is 0 Å². The molecule has 0 saturated heterocycles. The van der Waals surface area contributed by atoms with Gasteiger partial charge in [-0.25, -0.2) is 0 Å². The lowest BCUT2D eigenvalue weighted by Gasteiger charge is -2.13. The molecule has 0 radical (unpaired) electrons. The summed E-state index contributed by atoms with van der Waals surface area (Å²) in [5.74, 6) is -0.415. The van der Waals surface area contributed by atoms with Gasteiger partial charge in [0.15, 0.2) is 0 Å². The smallest absolute Gasteiger partial charge is 0.387 e. The summed E-state index contributed by atoms with van der Waals surface area (Å²) in [5, 5.41) is 3.02. The molecule has 0 amide bonds. The van der Waals surface area contributed by atoms with Crippen molar-refractivity contribution in [3.8, 4) is 11.5 Å². The summed E-state index contributed by atoms with van der Waals surface area (Å²) in [5.41, 5.74) is 1.55. The Kier molecular flexibility index (Phi) is 7.01. The van der Waals surface area contributed by atoms with E-state index < -0.39 is 13.2 Å². The van der Waals surface area contributed by atoms with Crippen molar-refractivity contribution < 1.29 is 27.0 Å². The summed E-state index contributed by atoms with van der Waals surface area (Å²) in [6, 6.07) is 3.71. The molecule has 0 fully saturated rings. The lowest BCUT2D eigenvalue weighted by Crippen LogP contribution is -2.15. The molecule has 0 atom stereocenters. The van der Waals surface area contributed by atoms with E-state index in [2.05, 4.69) is 14.8 Å². The fourth-order valence-corrected chi connectivity index (χ4v) is 1.55. The first-order valence-corrected chi connectivity index (χ1v) is 6.25. The maximum absolute atomic E-state index is 12.3. The molecule has 1 aromatic rings. The molecule has 0 saturated carbocycles. The minimum atomic E-state index is -3.04. The van der Waals surface area contributed by atoms with Crippen molar-refractivity contribution in [2.75, 3.05) is 6.54 Å². The molecule has 3 nitrogen and oxygen atoms in total. The Balaban J connectivity index is 2.78. The summed E-state index contributed by atoms with van der Waals surface area (Å²) in [6.07, 6.45) is 1.93. The van der Waals surface area contributed by atoms with Crippen molar-refractivity contribution in [2.24, 2.45) is 0 Å². The van der Waals surface area contributed by atoms with Crippen molar-refractivity contribution in [3.05, 3.63) is 35.4 Å². The first-order valence-electron chi connectivity index (χ1n) is 6.25. The number of alkyl halides is 4. The number of allylic oxidation sites excluding steroid dienone is 1. The van der Waals surface area contributed by atoms with Crippen molar-refractivity contribution in [3.63, 3.8) is 0 Å². The third-order valence-corrected chi connectivity index (χ3v) is 2.45. The number of hydrogen-bond donors (Lipinski definition) is 1. The fraction of sp³-hybridized carbons (Fsp3) is 0.429. The van der Waals surface area contributed by atoms with Gasteiger partial charge >= 0.3 is 13.2 Å². The average Bonchev–Trinajstić information content (AvgIpc) is 2.35. The second-order valence-corrected chi connectivity index (χ2v) is 4.44. The number of rotatable bonds is 8. The number of halogens is 4. The summed E-state index contributed by atoms with van der Waals surface area (Å²) >= 11 is 0. The Morgan fingerprint density at radius 3 is 2.38 bits per heavy atom. The van der Waals surface area contributed by atoms with Crippen LogP contribution in [0.5, 0.6) is 11.5 Å². The first kappa shape index (κ1) is 17.3. The van der Waals surface area contributed by atoms with Crippen LogP contribution in [0.25, 0.3) is 0 Å². The molecule has 1 rings (SSSR count). The second kappa shape index (κ2) is 8.51. The van der Waals surface area contributed by atoms with Gasteiger partial charge in [-0.2, -0.15) is 17.6 Å². The summed E-state index contributed by atoms with van der Waals surface area (Å²) in [7, 11) is 0. The quantitative estimate of drug-likeness (QED) is 0.448. The molecule has 0 aromatic heterocycles. The van der Waals surface area contributed by atoms with Crippen LogP contribution in [0.15, 0.2) is 29.8 Å². The van der Waals surface area contributed by atoms with Crippen LogP contribution in [-0.4, -0.2) is 19.8 Å². The van der Waals surface area contributed by atoms with Crippen LogP contribution < -0.4 is 14.8 Å². The van der Waals surface area contributed by atoms with Gasteiger partial charge in [0.05, 0.1) is 0 Å². The first-order chi connectivity index (χ1) is 9.88. The number of hydrogen-bond acceptors (Lipinski definition) is 3. The molecule has 0 heterocycles.